The maximum absolute atomic E-state index is 13.0. The fourth-order valence-electron chi connectivity index (χ4n) is 6.82. The van der Waals surface area contributed by atoms with E-state index in [4.69, 9.17) is 4.42 Å². The third-order valence-corrected chi connectivity index (χ3v) is 13.4. The third kappa shape index (κ3) is 11.7. The molecule has 0 radical (unpaired) electrons. The average Bonchev–Trinajstić information content (AvgIpc) is 3.99. The summed E-state index contributed by atoms with van der Waals surface area (Å²) in [5.41, 5.74) is 1.27. The van der Waals surface area contributed by atoms with E-state index in [1.165, 1.54) is 27.6 Å². The van der Waals surface area contributed by atoms with Crippen molar-refractivity contribution in [1.29, 1.82) is 0 Å². The molecule has 6 heterocycles. The van der Waals surface area contributed by atoms with E-state index in [1.54, 1.807) is 29.5 Å². The van der Waals surface area contributed by atoms with Gasteiger partial charge in [-0.15, -0.1) is 23.1 Å². The molecule has 314 valence electrons. The minimum Gasteiger partial charge on any atom is -0.444 e. The van der Waals surface area contributed by atoms with Crippen molar-refractivity contribution < 1.29 is 33.2 Å². The molecule has 0 bridgehead atoms. The Morgan fingerprint density at radius 2 is 1.81 bits per heavy atom. The number of nitrogens with one attached hydrogen (secondary N) is 5. The van der Waals surface area contributed by atoms with Gasteiger partial charge in [0, 0.05) is 60.7 Å². The normalized spacial score (nSPS) is 17.8. The zero-order valence-electron chi connectivity index (χ0n) is 33.3. The Morgan fingerprint density at radius 1 is 1.03 bits per heavy atom. The number of likely N-dealkylation sites (N-methyl/N-ethyl adjacent to an activating group) is 1. The van der Waals surface area contributed by atoms with Crippen molar-refractivity contribution in [3.63, 3.8) is 0 Å². The first-order valence-corrected chi connectivity index (χ1v) is 22.1. The topological polar surface area (TPSA) is 211 Å². The second-order valence-corrected chi connectivity index (χ2v) is 19.0. The van der Waals surface area contributed by atoms with Gasteiger partial charge in [-0.3, -0.25) is 39.0 Å². The minimum absolute atomic E-state index is 0.0442. The number of carbonyl (C=O) groups excluding carboxylic acids is 6. The largest absolute Gasteiger partial charge is 0.444 e. The van der Waals surface area contributed by atoms with Crippen molar-refractivity contribution in [2.75, 3.05) is 64.7 Å². The van der Waals surface area contributed by atoms with Crippen molar-refractivity contribution in [3.8, 4) is 0 Å². The highest BCUT2D eigenvalue weighted by Crippen LogP contribution is 2.34. The summed E-state index contributed by atoms with van der Waals surface area (Å²) in [5.74, 6) is 0.684. The van der Waals surface area contributed by atoms with Crippen molar-refractivity contribution in [1.82, 2.24) is 45.9 Å². The molecule has 3 aliphatic heterocycles. The molecule has 2 fully saturated rings. The molecule has 17 nitrogen and oxygen atoms in total. The molecule has 0 aliphatic carbocycles. The predicted molar refractivity (Wildman–Crippen MR) is 220 cm³/mol. The van der Waals surface area contributed by atoms with Crippen LogP contribution in [0.2, 0.25) is 0 Å². The van der Waals surface area contributed by atoms with Crippen molar-refractivity contribution in [3.05, 3.63) is 45.4 Å². The lowest BCUT2D eigenvalue weighted by molar-refractivity contribution is -0.137. The standard InChI is InChI=1S/C38H52N10O7S3/c1-38(2,3)28-16-42-32(55-28)22-57-33-18-43-37(58-33)45-34(52)23-7-11-47(12-8-23)20-31(51)40-10-14-46(4)13-9-39-17-30(50)41-15-27-24-19-48(36(54)25(24)21-56-27)26-5-6-29(49)44-35(26)53/h16,18,21,23,26,39H,5-15,17,19-20,22H2,1-4H3,(H,40,51)(H,41,50)(H,43,45,52)(H,44,49,53). The highest BCUT2D eigenvalue weighted by molar-refractivity contribution is 8.00. The number of anilines is 1. The van der Waals surface area contributed by atoms with E-state index >= 15 is 0 Å². The first kappa shape index (κ1) is 43.4. The van der Waals surface area contributed by atoms with Gasteiger partial charge in [0.15, 0.2) is 5.13 Å². The first-order chi connectivity index (χ1) is 27.7. The van der Waals surface area contributed by atoms with E-state index in [2.05, 4.69) is 67.1 Å². The smallest absolute Gasteiger partial charge is 0.256 e. The zero-order valence-corrected chi connectivity index (χ0v) is 35.8. The van der Waals surface area contributed by atoms with Crippen molar-refractivity contribution in [2.45, 2.75) is 81.0 Å². The van der Waals surface area contributed by atoms with Crippen molar-refractivity contribution in [2.24, 2.45) is 5.92 Å². The SMILES string of the molecule is CN(CCNCC(=O)NCc1scc2c1CN(C1CCC(=O)NC1=O)C2=O)CCNC(=O)CN1CCC(C(=O)Nc2ncc(SCc3ncc(C(C)(C)C)o3)s2)CC1. The number of likely N-dealkylation sites (tertiary alicyclic amines) is 1. The molecule has 1 unspecified atom stereocenters. The highest BCUT2D eigenvalue weighted by atomic mass is 32.2. The van der Waals surface area contributed by atoms with Gasteiger partial charge in [-0.2, -0.15) is 0 Å². The molecule has 3 aromatic heterocycles. The molecule has 58 heavy (non-hydrogen) atoms. The number of nitrogens with zero attached hydrogens (tertiary/aromatic N) is 5. The number of carbonyl (C=O) groups is 6. The van der Waals surface area contributed by atoms with Gasteiger partial charge in [-0.25, -0.2) is 9.97 Å². The van der Waals surface area contributed by atoms with Gasteiger partial charge in [0.1, 0.15) is 11.8 Å². The lowest BCUT2D eigenvalue weighted by Gasteiger charge is -2.30. The van der Waals surface area contributed by atoms with Gasteiger partial charge < -0.3 is 35.5 Å². The number of piperidine rings is 2. The summed E-state index contributed by atoms with van der Waals surface area (Å²) in [6.07, 6.45) is 5.37. The lowest BCUT2D eigenvalue weighted by atomic mass is 9.94. The van der Waals surface area contributed by atoms with Gasteiger partial charge >= 0.3 is 0 Å². The average molecular weight is 857 g/mol. The molecule has 3 aliphatic rings. The number of aromatic nitrogens is 2. The predicted octanol–water partition coefficient (Wildman–Crippen LogP) is 2.15. The molecule has 6 rings (SSSR count). The van der Waals surface area contributed by atoms with Crippen LogP contribution in [-0.4, -0.2) is 126 Å². The molecule has 0 spiro atoms. The summed E-state index contributed by atoms with van der Waals surface area (Å²) in [6.45, 7) is 10.9. The van der Waals surface area contributed by atoms with Crippen LogP contribution >= 0.6 is 34.4 Å². The second kappa shape index (κ2) is 19.7. The molecule has 5 N–H and O–H groups in total. The number of oxazole rings is 1. The van der Waals surface area contributed by atoms with Crippen molar-refractivity contribution >= 4 is 75.0 Å². The van der Waals surface area contributed by atoms with Crippen LogP contribution < -0.4 is 26.6 Å². The van der Waals surface area contributed by atoms with Gasteiger partial charge in [-0.1, -0.05) is 32.1 Å². The van der Waals surface area contributed by atoms with Crippen LogP contribution in [0.3, 0.4) is 0 Å². The summed E-state index contributed by atoms with van der Waals surface area (Å²) in [6, 6.07) is -0.670. The number of rotatable bonds is 18. The number of amides is 6. The molecule has 3 aromatic rings. The molecule has 0 aromatic carbocycles. The van der Waals surface area contributed by atoms with Crippen LogP contribution in [-0.2, 0) is 48.2 Å². The van der Waals surface area contributed by atoms with Crippen LogP contribution in [0, 0.1) is 5.92 Å². The summed E-state index contributed by atoms with van der Waals surface area (Å²) < 4.78 is 6.83. The Bertz CT molecular complexity index is 1970. The van der Waals surface area contributed by atoms with Crippen LogP contribution in [0.5, 0.6) is 0 Å². The summed E-state index contributed by atoms with van der Waals surface area (Å²) in [7, 11) is 1.95. The quantitative estimate of drug-likeness (QED) is 0.0707. The van der Waals surface area contributed by atoms with Crippen LogP contribution in [0.15, 0.2) is 26.4 Å². The van der Waals surface area contributed by atoms with Crippen LogP contribution in [0.4, 0.5) is 5.13 Å². The Labute approximate surface area is 349 Å². The van der Waals surface area contributed by atoms with E-state index < -0.39 is 11.9 Å². The first-order valence-electron chi connectivity index (χ1n) is 19.5. The number of hydrogen-bond acceptors (Lipinski definition) is 15. The van der Waals surface area contributed by atoms with E-state index in [0.717, 1.165) is 20.4 Å². The number of thiophene rings is 1. The molecule has 20 heteroatoms. The fourth-order valence-corrected chi connectivity index (χ4v) is 9.53. The van der Waals surface area contributed by atoms with E-state index in [9.17, 15) is 28.8 Å². The fraction of sp³-hybridized carbons (Fsp3) is 0.579. The summed E-state index contributed by atoms with van der Waals surface area (Å²) in [5, 5.41) is 16.6. The monoisotopic (exact) mass is 856 g/mol. The minimum atomic E-state index is -0.670. The van der Waals surface area contributed by atoms with Gasteiger partial charge in [-0.05, 0) is 45.0 Å². The molecular formula is C38H52N10O7S3. The van der Waals surface area contributed by atoms with Gasteiger partial charge in [0.05, 0.1) is 47.6 Å². The Morgan fingerprint density at radius 3 is 2.55 bits per heavy atom. The number of imide groups is 1. The van der Waals surface area contributed by atoms with Gasteiger partial charge in [0.2, 0.25) is 35.4 Å². The van der Waals surface area contributed by atoms with Crippen LogP contribution in [0.1, 0.15) is 78.9 Å². The molecule has 2 saturated heterocycles. The third-order valence-electron chi connectivity index (χ3n) is 10.3. The van der Waals surface area contributed by atoms with Crippen LogP contribution in [0.25, 0.3) is 0 Å². The Balaban J connectivity index is 0.785. The maximum atomic E-state index is 13.0. The number of hydrogen-bond donors (Lipinski definition) is 5. The summed E-state index contributed by atoms with van der Waals surface area (Å²) >= 11 is 4.41. The maximum Gasteiger partial charge on any atom is 0.256 e. The Hall–Kier alpha value is -4.21. The number of thiazole rings is 1. The molecule has 0 saturated carbocycles. The lowest BCUT2D eigenvalue weighted by Crippen LogP contribution is -2.52. The molecule has 1 atom stereocenters. The van der Waals surface area contributed by atoms with E-state index in [1.807, 2.05) is 7.05 Å². The Kier molecular flexibility index (Phi) is 14.7. The second-order valence-electron chi connectivity index (χ2n) is 15.7. The molecular weight excluding hydrogens is 805 g/mol. The van der Waals surface area contributed by atoms with Gasteiger partial charge in [0.25, 0.3) is 5.91 Å². The molecule has 6 amide bonds. The highest BCUT2D eigenvalue weighted by Gasteiger charge is 2.40. The number of fused-ring (bicyclic) bond motifs is 1. The summed E-state index contributed by atoms with van der Waals surface area (Å²) in [4.78, 5) is 90.2. The van der Waals surface area contributed by atoms with E-state index in [0.29, 0.717) is 80.9 Å². The zero-order chi connectivity index (χ0) is 41.4. The van der Waals surface area contributed by atoms with E-state index in [-0.39, 0.29) is 73.5 Å². The number of thioether (sulfide) groups is 1.